The fourth-order valence-corrected chi connectivity index (χ4v) is 3.97. The Kier molecular flexibility index (Phi) is 5.87. The van der Waals surface area contributed by atoms with Crippen LogP contribution in [0.15, 0.2) is 60.3 Å². The number of hydrogen-bond donors (Lipinski definition) is 1. The number of amides is 3. The lowest BCUT2D eigenvalue weighted by atomic mass is 10.1. The van der Waals surface area contributed by atoms with Crippen LogP contribution in [-0.4, -0.2) is 34.5 Å². The average molecular weight is 444 g/mol. The highest BCUT2D eigenvalue weighted by molar-refractivity contribution is 6.14. The topological polar surface area (TPSA) is 80.6 Å². The Balaban J connectivity index is 1.62. The van der Waals surface area contributed by atoms with E-state index in [2.05, 4.69) is 5.32 Å². The Hall–Kier alpha value is -4.13. The lowest BCUT2D eigenvalue weighted by molar-refractivity contribution is -0.123. The monoisotopic (exact) mass is 443 g/mol. The van der Waals surface area contributed by atoms with E-state index in [0.29, 0.717) is 5.56 Å². The minimum Gasteiger partial charge on any atom is -0.465 e. The number of imide groups is 1. The molecule has 0 spiro atoms. The Labute approximate surface area is 192 Å². The second kappa shape index (κ2) is 8.78. The minimum atomic E-state index is -0.439. The highest BCUT2D eigenvalue weighted by Gasteiger charge is 2.33. The lowest BCUT2D eigenvalue weighted by Crippen LogP contribution is -2.30. The summed E-state index contributed by atoms with van der Waals surface area (Å²) < 4.78 is 6.81. The van der Waals surface area contributed by atoms with Gasteiger partial charge >= 0.3 is 12.0 Å². The third-order valence-corrected chi connectivity index (χ3v) is 5.72. The zero-order valence-electron chi connectivity index (χ0n) is 19.0. The number of ether oxygens (including phenoxy) is 1. The van der Waals surface area contributed by atoms with Crippen molar-refractivity contribution < 1.29 is 19.1 Å². The van der Waals surface area contributed by atoms with Crippen molar-refractivity contribution in [2.24, 2.45) is 0 Å². The highest BCUT2D eigenvalue weighted by Crippen LogP contribution is 2.25. The number of nitrogens with zero attached hydrogens (tertiary/aromatic N) is 2. The smallest absolute Gasteiger partial charge is 0.337 e. The first-order valence-electron chi connectivity index (χ1n) is 10.6. The number of carbonyl (C=O) groups excluding carboxylic acids is 3. The SMILES string of the molecule is COC(=O)c1cccc(-n2c(C)cc(/C=C3/NC(=O)N(Cc4ccc(C)cc4)C3=O)c2C)c1. The van der Waals surface area contributed by atoms with Crippen LogP contribution in [-0.2, 0) is 16.1 Å². The van der Waals surface area contributed by atoms with Gasteiger partial charge in [-0.2, -0.15) is 0 Å². The molecular formula is C26H25N3O4. The number of rotatable bonds is 5. The summed E-state index contributed by atoms with van der Waals surface area (Å²) in [6.07, 6.45) is 1.69. The van der Waals surface area contributed by atoms with Crippen LogP contribution in [0.4, 0.5) is 4.79 Å². The molecule has 3 amide bonds. The molecule has 3 aromatic rings. The summed E-state index contributed by atoms with van der Waals surface area (Å²) in [4.78, 5) is 38.5. The molecule has 1 N–H and O–H groups in total. The maximum absolute atomic E-state index is 12.9. The van der Waals surface area contributed by atoms with Crippen molar-refractivity contribution in [3.05, 3.63) is 93.9 Å². The molecular weight excluding hydrogens is 418 g/mol. The number of carbonyl (C=O) groups is 3. The second-order valence-corrected chi connectivity index (χ2v) is 8.07. The number of benzene rings is 2. The molecule has 7 heteroatoms. The van der Waals surface area contributed by atoms with E-state index in [4.69, 9.17) is 4.74 Å². The van der Waals surface area contributed by atoms with E-state index in [1.54, 1.807) is 24.3 Å². The summed E-state index contributed by atoms with van der Waals surface area (Å²) in [7, 11) is 1.35. The highest BCUT2D eigenvalue weighted by atomic mass is 16.5. The number of esters is 1. The van der Waals surface area contributed by atoms with Crippen LogP contribution < -0.4 is 5.32 Å². The molecule has 1 saturated heterocycles. The normalized spacial score (nSPS) is 14.7. The molecule has 0 atom stereocenters. The quantitative estimate of drug-likeness (QED) is 0.363. The molecule has 2 aromatic carbocycles. The van der Waals surface area contributed by atoms with Crippen LogP contribution in [0.25, 0.3) is 11.8 Å². The number of urea groups is 1. The lowest BCUT2D eigenvalue weighted by Gasteiger charge is -2.12. The third kappa shape index (κ3) is 4.30. The Morgan fingerprint density at radius 2 is 1.76 bits per heavy atom. The van der Waals surface area contributed by atoms with Gasteiger partial charge in [-0.05, 0) is 62.2 Å². The zero-order chi connectivity index (χ0) is 23.7. The van der Waals surface area contributed by atoms with E-state index in [1.165, 1.54) is 12.0 Å². The van der Waals surface area contributed by atoms with Gasteiger partial charge in [0, 0.05) is 17.1 Å². The molecule has 0 unspecified atom stereocenters. The summed E-state index contributed by atoms with van der Waals surface area (Å²) >= 11 is 0. The maximum Gasteiger partial charge on any atom is 0.337 e. The van der Waals surface area contributed by atoms with Crippen LogP contribution in [0.5, 0.6) is 0 Å². The van der Waals surface area contributed by atoms with Gasteiger partial charge in [-0.1, -0.05) is 35.9 Å². The second-order valence-electron chi connectivity index (χ2n) is 8.07. The van der Waals surface area contributed by atoms with Crippen LogP contribution >= 0.6 is 0 Å². The van der Waals surface area contributed by atoms with Gasteiger partial charge in [0.15, 0.2) is 0 Å². The van der Waals surface area contributed by atoms with Gasteiger partial charge in [-0.3, -0.25) is 9.69 Å². The summed E-state index contributed by atoms with van der Waals surface area (Å²) in [5, 5.41) is 2.69. The minimum absolute atomic E-state index is 0.210. The Bertz CT molecular complexity index is 1290. The van der Waals surface area contributed by atoms with Crippen molar-refractivity contribution in [1.29, 1.82) is 0 Å². The molecule has 33 heavy (non-hydrogen) atoms. The van der Waals surface area contributed by atoms with Gasteiger partial charge in [-0.15, -0.1) is 0 Å². The summed E-state index contributed by atoms with van der Waals surface area (Å²) in [6.45, 7) is 6.07. The number of aryl methyl sites for hydroxylation is 2. The fraction of sp³-hybridized carbons (Fsp3) is 0.192. The van der Waals surface area contributed by atoms with Crippen LogP contribution in [0.3, 0.4) is 0 Å². The molecule has 1 aromatic heterocycles. The van der Waals surface area contributed by atoms with Crippen molar-refractivity contribution in [2.45, 2.75) is 27.3 Å². The van der Waals surface area contributed by atoms with Crippen LogP contribution in [0, 0.1) is 20.8 Å². The van der Waals surface area contributed by atoms with E-state index < -0.39 is 12.0 Å². The first kappa shape index (κ1) is 22.1. The van der Waals surface area contributed by atoms with Crippen molar-refractivity contribution >= 4 is 24.0 Å². The van der Waals surface area contributed by atoms with Crippen molar-refractivity contribution in [3.63, 3.8) is 0 Å². The number of methoxy groups -OCH3 is 1. The van der Waals surface area contributed by atoms with E-state index in [9.17, 15) is 14.4 Å². The first-order chi connectivity index (χ1) is 15.8. The number of aromatic nitrogens is 1. The van der Waals surface area contributed by atoms with E-state index >= 15 is 0 Å². The van der Waals surface area contributed by atoms with Crippen LogP contribution in [0.2, 0.25) is 0 Å². The molecule has 168 valence electrons. The fourth-order valence-electron chi connectivity index (χ4n) is 3.97. The molecule has 4 rings (SSSR count). The molecule has 1 aliphatic rings. The van der Waals surface area contributed by atoms with Gasteiger partial charge in [0.2, 0.25) is 0 Å². The van der Waals surface area contributed by atoms with Crippen molar-refractivity contribution in [3.8, 4) is 5.69 Å². The predicted octanol–water partition coefficient (Wildman–Crippen LogP) is 4.28. The van der Waals surface area contributed by atoms with E-state index in [1.807, 2.05) is 61.7 Å². The molecule has 0 radical (unpaired) electrons. The molecule has 2 heterocycles. The van der Waals surface area contributed by atoms with Gasteiger partial charge in [0.1, 0.15) is 5.70 Å². The number of hydrogen-bond acceptors (Lipinski definition) is 4. The molecule has 1 aliphatic heterocycles. The third-order valence-electron chi connectivity index (χ3n) is 5.72. The predicted molar refractivity (Wildman–Crippen MR) is 125 cm³/mol. The molecule has 1 fully saturated rings. The summed E-state index contributed by atoms with van der Waals surface area (Å²) in [5.41, 5.74) is 6.09. The average Bonchev–Trinajstić information content (AvgIpc) is 3.23. The maximum atomic E-state index is 12.9. The van der Waals surface area contributed by atoms with Crippen molar-refractivity contribution in [1.82, 2.24) is 14.8 Å². The Morgan fingerprint density at radius 3 is 2.45 bits per heavy atom. The summed E-state index contributed by atoms with van der Waals surface area (Å²) in [5.74, 6) is -0.771. The van der Waals surface area contributed by atoms with Gasteiger partial charge in [0.25, 0.3) is 5.91 Å². The first-order valence-corrected chi connectivity index (χ1v) is 10.6. The van der Waals surface area contributed by atoms with Gasteiger partial charge < -0.3 is 14.6 Å². The molecule has 0 aliphatic carbocycles. The van der Waals surface area contributed by atoms with E-state index in [0.717, 1.165) is 33.8 Å². The van der Waals surface area contributed by atoms with Gasteiger partial charge in [-0.25, -0.2) is 9.59 Å². The number of nitrogens with one attached hydrogen (secondary N) is 1. The molecule has 0 bridgehead atoms. The Morgan fingerprint density at radius 1 is 1.03 bits per heavy atom. The van der Waals surface area contributed by atoms with E-state index in [-0.39, 0.29) is 18.1 Å². The molecule has 0 saturated carbocycles. The largest absolute Gasteiger partial charge is 0.465 e. The summed E-state index contributed by atoms with van der Waals surface area (Å²) in [6, 6.07) is 16.4. The van der Waals surface area contributed by atoms with Gasteiger partial charge in [0.05, 0.1) is 19.2 Å². The molecule has 7 nitrogen and oxygen atoms in total. The zero-order valence-corrected chi connectivity index (χ0v) is 19.0. The van der Waals surface area contributed by atoms with Crippen LogP contribution in [0.1, 0.15) is 38.4 Å². The standard InChI is InChI=1S/C26H25N3O4/c1-16-8-10-19(11-9-16)15-28-24(30)23(27-26(28)32)14-21-12-17(2)29(18(21)3)22-7-5-6-20(13-22)25(31)33-4/h5-14H,15H2,1-4H3,(H,27,32)/b23-14+. The van der Waals surface area contributed by atoms with Crippen molar-refractivity contribution in [2.75, 3.05) is 7.11 Å².